The minimum absolute atomic E-state index is 0.471. The third kappa shape index (κ3) is 3.03. The second kappa shape index (κ2) is 3.88. The highest BCUT2D eigenvalue weighted by atomic mass is 79.9. The molecular weight excluding hydrogens is 208 g/mol. The molecule has 0 saturated carbocycles. The number of rotatable bonds is 3. The lowest BCUT2D eigenvalue weighted by Crippen LogP contribution is -2.21. The first kappa shape index (κ1) is 8.74. The second-order valence-corrected chi connectivity index (χ2v) is 3.29. The van der Waals surface area contributed by atoms with Crippen molar-refractivity contribution >= 4 is 15.9 Å². The van der Waals surface area contributed by atoms with Gasteiger partial charge in [0.25, 0.3) is 4.80 Å². The second-order valence-electron chi connectivity index (χ2n) is 2.62. The van der Waals surface area contributed by atoms with Gasteiger partial charge in [0.1, 0.15) is 5.76 Å². The number of nitrogens with zero attached hydrogens (tertiary/aromatic N) is 1. The van der Waals surface area contributed by atoms with Gasteiger partial charge in [0, 0.05) is 22.0 Å². The molecule has 0 unspecified atom stereocenters. The summed E-state index contributed by atoms with van der Waals surface area (Å²) in [6.45, 7) is 4.91. The first-order valence-corrected chi connectivity index (χ1v) is 4.31. The van der Waals surface area contributed by atoms with Gasteiger partial charge in [-0.1, -0.05) is 13.8 Å². The molecule has 0 amide bonds. The predicted octanol–water partition coefficient (Wildman–Crippen LogP) is 1.94. The van der Waals surface area contributed by atoms with Gasteiger partial charge < -0.3 is 9.73 Å². The summed E-state index contributed by atoms with van der Waals surface area (Å²) in [6.07, 6.45) is 1.71. The van der Waals surface area contributed by atoms with E-state index in [1.54, 1.807) is 6.20 Å². The van der Waals surface area contributed by atoms with Gasteiger partial charge in [-0.3, -0.25) is 0 Å². The van der Waals surface area contributed by atoms with Gasteiger partial charge in [-0.05, 0) is 0 Å². The van der Waals surface area contributed by atoms with Crippen LogP contribution in [0.15, 0.2) is 15.4 Å². The Morgan fingerprint density at radius 2 is 2.45 bits per heavy atom. The van der Waals surface area contributed by atoms with E-state index in [0.29, 0.717) is 10.8 Å². The van der Waals surface area contributed by atoms with E-state index in [1.165, 1.54) is 0 Å². The van der Waals surface area contributed by atoms with Crippen molar-refractivity contribution in [2.24, 2.45) is 0 Å². The molecule has 1 N–H and O–H groups in total. The van der Waals surface area contributed by atoms with Crippen LogP contribution < -0.4 is 5.32 Å². The number of halogens is 1. The van der Waals surface area contributed by atoms with Crippen LogP contribution in [-0.2, 0) is 6.54 Å². The van der Waals surface area contributed by atoms with Crippen molar-refractivity contribution in [3.05, 3.63) is 16.8 Å². The average molecular weight is 219 g/mol. The predicted molar refractivity (Wildman–Crippen MR) is 46.2 cm³/mol. The van der Waals surface area contributed by atoms with Gasteiger partial charge in [-0.2, -0.15) is 0 Å². The fraction of sp³-hybridized carbons (Fsp3) is 0.571. The van der Waals surface area contributed by atoms with Gasteiger partial charge in [-0.15, -0.1) is 0 Å². The Bertz CT molecular complexity index is 222. The molecule has 0 radical (unpaired) electrons. The van der Waals surface area contributed by atoms with Crippen LogP contribution in [0.4, 0.5) is 0 Å². The molecule has 62 valence electrons. The van der Waals surface area contributed by atoms with Crippen LogP contribution in [0.3, 0.4) is 0 Å². The van der Waals surface area contributed by atoms with Gasteiger partial charge in [0.15, 0.2) is 0 Å². The normalized spacial score (nSPS) is 10.9. The van der Waals surface area contributed by atoms with E-state index in [0.717, 1.165) is 12.3 Å². The summed E-state index contributed by atoms with van der Waals surface area (Å²) in [6, 6.07) is 0.471. The van der Waals surface area contributed by atoms with Crippen LogP contribution in [0.2, 0.25) is 0 Å². The van der Waals surface area contributed by atoms with E-state index in [4.69, 9.17) is 4.42 Å². The van der Waals surface area contributed by atoms with Crippen LogP contribution in [0.25, 0.3) is 0 Å². The smallest absolute Gasteiger partial charge is 0.264 e. The maximum Gasteiger partial charge on any atom is 0.264 e. The summed E-state index contributed by atoms with van der Waals surface area (Å²) in [5.41, 5.74) is 0. The van der Waals surface area contributed by atoms with Crippen molar-refractivity contribution in [2.45, 2.75) is 26.4 Å². The maximum absolute atomic E-state index is 5.18. The van der Waals surface area contributed by atoms with E-state index in [-0.39, 0.29) is 0 Å². The Kier molecular flexibility index (Phi) is 3.08. The van der Waals surface area contributed by atoms with E-state index in [2.05, 4.69) is 40.1 Å². The molecular formula is C7H11BrN2O. The number of hydrogen-bond acceptors (Lipinski definition) is 3. The Balaban J connectivity index is 2.39. The summed E-state index contributed by atoms with van der Waals surface area (Å²) >= 11 is 3.13. The molecule has 1 heterocycles. The Morgan fingerprint density at radius 3 is 2.91 bits per heavy atom. The first-order valence-electron chi connectivity index (χ1n) is 3.52. The molecule has 0 bridgehead atoms. The number of aromatic nitrogens is 1. The van der Waals surface area contributed by atoms with Gasteiger partial charge in [0.2, 0.25) is 0 Å². The quantitative estimate of drug-likeness (QED) is 0.843. The van der Waals surface area contributed by atoms with Crippen LogP contribution in [0.5, 0.6) is 0 Å². The highest BCUT2D eigenvalue weighted by molar-refractivity contribution is 9.10. The molecule has 1 rings (SSSR count). The van der Waals surface area contributed by atoms with Gasteiger partial charge in [-0.25, -0.2) is 4.98 Å². The molecule has 1 aromatic heterocycles. The van der Waals surface area contributed by atoms with E-state index < -0.39 is 0 Å². The summed E-state index contributed by atoms with van der Waals surface area (Å²) in [5.74, 6) is 0.852. The first-order chi connectivity index (χ1) is 5.18. The molecule has 0 atom stereocenters. The Morgan fingerprint density at radius 1 is 1.73 bits per heavy atom. The van der Waals surface area contributed by atoms with E-state index in [9.17, 15) is 0 Å². The van der Waals surface area contributed by atoms with Crippen molar-refractivity contribution < 1.29 is 4.42 Å². The van der Waals surface area contributed by atoms with Crippen molar-refractivity contribution in [2.75, 3.05) is 0 Å². The van der Waals surface area contributed by atoms with Crippen molar-refractivity contribution in [1.29, 1.82) is 0 Å². The minimum Gasteiger partial charge on any atom is -0.435 e. The lowest BCUT2D eigenvalue weighted by atomic mass is 10.4. The molecule has 11 heavy (non-hydrogen) atoms. The van der Waals surface area contributed by atoms with Gasteiger partial charge in [0.05, 0.1) is 12.7 Å². The van der Waals surface area contributed by atoms with Crippen LogP contribution >= 0.6 is 15.9 Å². The molecule has 0 aromatic carbocycles. The monoisotopic (exact) mass is 218 g/mol. The maximum atomic E-state index is 5.18. The van der Waals surface area contributed by atoms with Crippen molar-refractivity contribution in [3.63, 3.8) is 0 Å². The SMILES string of the molecule is CC(C)NCc1cnc(Br)o1. The zero-order valence-corrected chi connectivity index (χ0v) is 8.18. The number of oxazole rings is 1. The zero-order chi connectivity index (χ0) is 8.27. The van der Waals surface area contributed by atoms with Crippen LogP contribution in [-0.4, -0.2) is 11.0 Å². The largest absolute Gasteiger partial charge is 0.435 e. The van der Waals surface area contributed by atoms with E-state index >= 15 is 0 Å². The molecule has 3 nitrogen and oxygen atoms in total. The average Bonchev–Trinajstić information content (AvgIpc) is 2.31. The molecule has 0 spiro atoms. The summed E-state index contributed by atoms with van der Waals surface area (Å²) in [5, 5.41) is 3.22. The minimum atomic E-state index is 0.471. The lowest BCUT2D eigenvalue weighted by molar-refractivity contribution is 0.446. The lowest BCUT2D eigenvalue weighted by Gasteiger charge is -2.03. The van der Waals surface area contributed by atoms with Crippen molar-refractivity contribution in [3.8, 4) is 0 Å². The molecule has 0 aliphatic carbocycles. The fourth-order valence-corrected chi connectivity index (χ4v) is 0.980. The third-order valence-electron chi connectivity index (χ3n) is 1.21. The summed E-state index contributed by atoms with van der Waals surface area (Å²) in [7, 11) is 0. The molecule has 0 saturated heterocycles. The fourth-order valence-electron chi connectivity index (χ4n) is 0.670. The highest BCUT2D eigenvalue weighted by Gasteiger charge is 2.00. The summed E-state index contributed by atoms with van der Waals surface area (Å²) in [4.78, 5) is 4.44. The topological polar surface area (TPSA) is 38.1 Å². The Labute approximate surface area is 74.3 Å². The zero-order valence-electron chi connectivity index (χ0n) is 6.60. The molecule has 0 fully saturated rings. The van der Waals surface area contributed by atoms with Gasteiger partial charge >= 0.3 is 0 Å². The van der Waals surface area contributed by atoms with Crippen LogP contribution in [0.1, 0.15) is 19.6 Å². The van der Waals surface area contributed by atoms with Crippen LogP contribution in [0, 0.1) is 0 Å². The molecule has 4 heteroatoms. The van der Waals surface area contributed by atoms with Crippen molar-refractivity contribution in [1.82, 2.24) is 10.3 Å². The molecule has 0 aliphatic heterocycles. The highest BCUT2D eigenvalue weighted by Crippen LogP contribution is 2.09. The third-order valence-corrected chi connectivity index (χ3v) is 1.58. The number of hydrogen-bond donors (Lipinski definition) is 1. The number of nitrogens with one attached hydrogen (secondary N) is 1. The Hall–Kier alpha value is -0.350. The molecule has 1 aromatic rings. The molecule has 0 aliphatic rings. The summed E-state index contributed by atoms with van der Waals surface area (Å²) < 4.78 is 5.18. The van der Waals surface area contributed by atoms with E-state index in [1.807, 2.05) is 0 Å². The standard InChI is InChI=1S/C7H11BrN2O/c1-5(2)9-3-6-4-10-7(8)11-6/h4-5,9H,3H2,1-2H3.